The molecule has 1 saturated heterocycles. The highest BCUT2D eigenvalue weighted by Crippen LogP contribution is 2.25. The molecule has 2 N–H and O–H groups in total. The Kier molecular flexibility index (Phi) is 5.41. The first-order valence-electron chi connectivity index (χ1n) is 7.06. The number of amides is 1. The first-order chi connectivity index (χ1) is 10.1. The molecule has 0 bridgehead atoms. The van der Waals surface area contributed by atoms with Crippen LogP contribution in [-0.4, -0.2) is 62.7 Å². The van der Waals surface area contributed by atoms with Crippen LogP contribution in [0.15, 0.2) is 18.2 Å². The molecule has 0 aliphatic carbocycles. The third-order valence-corrected chi connectivity index (χ3v) is 3.73. The molecule has 0 atom stereocenters. The Balaban J connectivity index is 1.95. The first kappa shape index (κ1) is 15.6. The molecule has 0 aromatic heterocycles. The molecule has 1 aromatic rings. The van der Waals surface area contributed by atoms with Crippen molar-refractivity contribution >= 4 is 5.91 Å². The number of benzene rings is 1. The summed E-state index contributed by atoms with van der Waals surface area (Å²) in [5.41, 5.74) is 6.34. The maximum Gasteiger partial charge on any atom is 0.231 e. The molecule has 2 rings (SSSR count). The van der Waals surface area contributed by atoms with Gasteiger partial charge in [0, 0.05) is 38.3 Å². The van der Waals surface area contributed by atoms with Crippen molar-refractivity contribution in [1.29, 1.82) is 0 Å². The average Bonchev–Trinajstić information content (AvgIpc) is 2.48. The molecule has 0 radical (unpaired) electrons. The second kappa shape index (κ2) is 7.28. The van der Waals surface area contributed by atoms with E-state index < -0.39 is 0 Å². The van der Waals surface area contributed by atoms with Gasteiger partial charge in [-0.15, -0.1) is 0 Å². The van der Waals surface area contributed by atoms with E-state index in [1.807, 2.05) is 18.2 Å². The quantitative estimate of drug-likeness (QED) is 0.817. The summed E-state index contributed by atoms with van der Waals surface area (Å²) in [5.74, 6) is 1.44. The predicted molar refractivity (Wildman–Crippen MR) is 80.5 cm³/mol. The van der Waals surface area contributed by atoms with Crippen LogP contribution < -0.4 is 15.2 Å². The van der Waals surface area contributed by atoms with E-state index in [1.165, 1.54) is 0 Å². The Hall–Kier alpha value is -1.79. The van der Waals surface area contributed by atoms with Gasteiger partial charge in [0.25, 0.3) is 0 Å². The number of hydrogen-bond acceptors (Lipinski definition) is 5. The Morgan fingerprint density at radius 3 is 2.38 bits per heavy atom. The maximum absolute atomic E-state index is 10.9. The van der Waals surface area contributed by atoms with Crippen molar-refractivity contribution in [2.75, 3.05) is 46.9 Å². The Bertz CT molecular complexity index is 485. The van der Waals surface area contributed by atoms with Crippen LogP contribution in [0.1, 0.15) is 5.56 Å². The summed E-state index contributed by atoms with van der Waals surface area (Å²) in [5, 5.41) is 0. The highest BCUT2D eigenvalue weighted by molar-refractivity contribution is 5.75. The smallest absolute Gasteiger partial charge is 0.231 e. The number of methoxy groups -OCH3 is 2. The zero-order valence-electron chi connectivity index (χ0n) is 12.7. The maximum atomic E-state index is 10.9. The van der Waals surface area contributed by atoms with Crippen LogP contribution in [0, 0.1) is 0 Å². The monoisotopic (exact) mass is 293 g/mol. The normalized spacial score (nSPS) is 16.7. The number of ether oxygens (including phenoxy) is 2. The van der Waals surface area contributed by atoms with E-state index in [0.29, 0.717) is 6.54 Å². The number of rotatable bonds is 6. The van der Waals surface area contributed by atoms with Gasteiger partial charge in [0.1, 0.15) is 11.5 Å². The van der Waals surface area contributed by atoms with E-state index in [1.54, 1.807) is 14.2 Å². The molecule has 0 saturated carbocycles. The molecule has 0 unspecified atom stereocenters. The Morgan fingerprint density at radius 2 is 1.81 bits per heavy atom. The lowest BCUT2D eigenvalue weighted by atomic mass is 10.1. The number of primary amides is 1. The van der Waals surface area contributed by atoms with Crippen LogP contribution in [0.4, 0.5) is 0 Å². The van der Waals surface area contributed by atoms with Gasteiger partial charge >= 0.3 is 0 Å². The van der Waals surface area contributed by atoms with Crippen LogP contribution >= 0.6 is 0 Å². The van der Waals surface area contributed by atoms with Gasteiger partial charge in [-0.25, -0.2) is 0 Å². The zero-order chi connectivity index (χ0) is 15.2. The van der Waals surface area contributed by atoms with E-state index in [2.05, 4.69) is 9.80 Å². The summed E-state index contributed by atoms with van der Waals surface area (Å²) in [7, 11) is 3.34. The van der Waals surface area contributed by atoms with Crippen LogP contribution in [0.3, 0.4) is 0 Å². The van der Waals surface area contributed by atoms with Crippen molar-refractivity contribution in [2.24, 2.45) is 5.73 Å². The summed E-state index contributed by atoms with van der Waals surface area (Å²) >= 11 is 0. The number of carbonyl (C=O) groups is 1. The van der Waals surface area contributed by atoms with Gasteiger partial charge in [0.05, 0.1) is 20.8 Å². The molecule has 1 amide bonds. The van der Waals surface area contributed by atoms with Crippen molar-refractivity contribution in [3.8, 4) is 11.5 Å². The first-order valence-corrected chi connectivity index (χ1v) is 7.06. The van der Waals surface area contributed by atoms with E-state index in [0.717, 1.165) is 49.8 Å². The fraction of sp³-hybridized carbons (Fsp3) is 0.533. The molecule has 6 heteroatoms. The van der Waals surface area contributed by atoms with Gasteiger partial charge in [0.15, 0.2) is 0 Å². The molecule has 116 valence electrons. The predicted octanol–water partition coefficient (Wildman–Crippen LogP) is 0.307. The molecule has 6 nitrogen and oxygen atoms in total. The molecule has 1 heterocycles. The minimum absolute atomic E-state index is 0.266. The number of carbonyl (C=O) groups excluding carboxylic acids is 1. The van der Waals surface area contributed by atoms with Gasteiger partial charge in [-0.05, 0) is 18.2 Å². The Morgan fingerprint density at radius 1 is 1.14 bits per heavy atom. The van der Waals surface area contributed by atoms with Crippen molar-refractivity contribution in [3.05, 3.63) is 23.8 Å². The summed E-state index contributed by atoms with van der Waals surface area (Å²) in [6.07, 6.45) is 0. The Labute approximate surface area is 125 Å². The van der Waals surface area contributed by atoms with Crippen LogP contribution in [-0.2, 0) is 11.3 Å². The zero-order valence-corrected chi connectivity index (χ0v) is 12.7. The van der Waals surface area contributed by atoms with E-state index in [9.17, 15) is 4.79 Å². The highest BCUT2D eigenvalue weighted by Gasteiger charge is 2.19. The molecular weight excluding hydrogens is 270 g/mol. The summed E-state index contributed by atoms with van der Waals surface area (Å²) in [6, 6.07) is 5.83. The molecule has 0 spiro atoms. The number of nitrogens with two attached hydrogens (primary N) is 1. The molecule has 1 fully saturated rings. The third kappa shape index (κ3) is 4.34. The van der Waals surface area contributed by atoms with Crippen molar-refractivity contribution < 1.29 is 14.3 Å². The largest absolute Gasteiger partial charge is 0.497 e. The van der Waals surface area contributed by atoms with E-state index in [-0.39, 0.29) is 5.91 Å². The summed E-state index contributed by atoms with van der Waals surface area (Å²) in [4.78, 5) is 15.4. The second-order valence-corrected chi connectivity index (χ2v) is 5.20. The standard InChI is InChI=1S/C15H23N3O3/c1-20-13-3-4-14(21-2)12(9-13)10-17-5-7-18(8-6-17)11-15(16)19/h3-4,9H,5-8,10-11H2,1-2H3,(H2,16,19). The van der Waals surface area contributed by atoms with Gasteiger partial charge in [-0.1, -0.05) is 0 Å². The summed E-state index contributed by atoms with van der Waals surface area (Å²) < 4.78 is 10.7. The minimum atomic E-state index is -0.266. The molecular formula is C15H23N3O3. The van der Waals surface area contributed by atoms with E-state index >= 15 is 0 Å². The minimum Gasteiger partial charge on any atom is -0.497 e. The van der Waals surface area contributed by atoms with Gasteiger partial charge in [0.2, 0.25) is 5.91 Å². The van der Waals surface area contributed by atoms with Crippen molar-refractivity contribution in [1.82, 2.24) is 9.80 Å². The molecule has 1 aromatic carbocycles. The molecule has 1 aliphatic heterocycles. The lowest BCUT2D eigenvalue weighted by molar-refractivity contribution is -0.119. The average molecular weight is 293 g/mol. The van der Waals surface area contributed by atoms with Gasteiger partial charge in [-0.3, -0.25) is 14.6 Å². The SMILES string of the molecule is COc1ccc(OC)c(CN2CCN(CC(N)=O)CC2)c1. The molecule has 21 heavy (non-hydrogen) atoms. The lowest BCUT2D eigenvalue weighted by Crippen LogP contribution is -2.48. The van der Waals surface area contributed by atoms with Gasteiger partial charge in [-0.2, -0.15) is 0 Å². The second-order valence-electron chi connectivity index (χ2n) is 5.20. The fourth-order valence-corrected chi connectivity index (χ4v) is 2.57. The van der Waals surface area contributed by atoms with Crippen LogP contribution in [0.2, 0.25) is 0 Å². The van der Waals surface area contributed by atoms with Gasteiger partial charge < -0.3 is 15.2 Å². The van der Waals surface area contributed by atoms with Crippen molar-refractivity contribution in [3.63, 3.8) is 0 Å². The fourth-order valence-electron chi connectivity index (χ4n) is 2.57. The number of hydrogen-bond donors (Lipinski definition) is 1. The molecule has 1 aliphatic rings. The summed E-state index contributed by atoms with van der Waals surface area (Å²) in [6.45, 7) is 4.69. The number of nitrogens with zero attached hydrogens (tertiary/aromatic N) is 2. The van der Waals surface area contributed by atoms with E-state index in [4.69, 9.17) is 15.2 Å². The number of piperazine rings is 1. The lowest BCUT2D eigenvalue weighted by Gasteiger charge is -2.34. The van der Waals surface area contributed by atoms with Crippen LogP contribution in [0.5, 0.6) is 11.5 Å². The third-order valence-electron chi connectivity index (χ3n) is 3.73. The topological polar surface area (TPSA) is 68.0 Å². The van der Waals surface area contributed by atoms with Crippen LogP contribution in [0.25, 0.3) is 0 Å². The van der Waals surface area contributed by atoms with Crippen molar-refractivity contribution in [2.45, 2.75) is 6.54 Å². The highest BCUT2D eigenvalue weighted by atomic mass is 16.5.